The van der Waals surface area contributed by atoms with Gasteiger partial charge in [0.25, 0.3) is 11.1 Å². The first-order chi connectivity index (χ1) is 9.47. The van der Waals surface area contributed by atoms with Gasteiger partial charge in [-0.15, -0.1) is 0 Å². The van der Waals surface area contributed by atoms with E-state index in [9.17, 15) is 9.59 Å². The number of benzene rings is 2. The minimum atomic E-state index is -0.587. The molecule has 1 amide bonds. The Hall–Kier alpha value is -1.55. The summed E-state index contributed by atoms with van der Waals surface area (Å²) < 4.78 is 0. The molecule has 0 aromatic heterocycles. The predicted octanol–water partition coefficient (Wildman–Crippen LogP) is 4.62. The molecule has 2 aromatic rings. The fraction of sp³-hybridized carbons (Fsp3) is 0. The lowest BCUT2D eigenvalue weighted by Gasteiger charge is -2.07. The maximum absolute atomic E-state index is 12.0. The van der Waals surface area contributed by atoms with Gasteiger partial charge in [0.2, 0.25) is 0 Å². The van der Waals surface area contributed by atoms with Crippen LogP contribution < -0.4 is 5.32 Å². The number of rotatable bonds is 3. The predicted molar refractivity (Wildman–Crippen MR) is 81.0 cm³/mol. The zero-order valence-corrected chi connectivity index (χ0v) is 12.3. The summed E-state index contributed by atoms with van der Waals surface area (Å²) >= 11 is 17.0. The second-order valence-electron chi connectivity index (χ2n) is 3.94. The van der Waals surface area contributed by atoms with Crippen LogP contribution in [0.4, 0.5) is 5.69 Å². The molecule has 0 saturated carbocycles. The SMILES string of the molecule is O=C(Cl)c1cccc(NC(=O)c2ccc(Cl)c(Cl)c2)c1. The van der Waals surface area contributed by atoms with Crippen molar-refractivity contribution in [3.05, 3.63) is 63.6 Å². The third-order valence-electron chi connectivity index (χ3n) is 2.53. The lowest BCUT2D eigenvalue weighted by atomic mass is 10.2. The van der Waals surface area contributed by atoms with Crippen molar-refractivity contribution in [3.63, 3.8) is 0 Å². The molecule has 0 atom stereocenters. The third kappa shape index (κ3) is 3.51. The summed E-state index contributed by atoms with van der Waals surface area (Å²) in [6.45, 7) is 0. The highest BCUT2D eigenvalue weighted by Crippen LogP contribution is 2.23. The van der Waals surface area contributed by atoms with E-state index in [0.29, 0.717) is 26.9 Å². The van der Waals surface area contributed by atoms with Crippen molar-refractivity contribution in [2.24, 2.45) is 0 Å². The number of halogens is 3. The Kier molecular flexibility index (Phi) is 4.65. The van der Waals surface area contributed by atoms with E-state index in [-0.39, 0.29) is 5.91 Å². The Balaban J connectivity index is 2.21. The quantitative estimate of drug-likeness (QED) is 0.835. The first-order valence-corrected chi connectivity index (χ1v) is 6.67. The van der Waals surface area contributed by atoms with Crippen LogP contribution in [0.5, 0.6) is 0 Å². The maximum atomic E-state index is 12.0. The highest BCUT2D eigenvalue weighted by Gasteiger charge is 2.09. The molecule has 0 spiro atoms. The van der Waals surface area contributed by atoms with E-state index in [4.69, 9.17) is 34.8 Å². The number of amides is 1. The number of carbonyl (C=O) groups is 2. The maximum Gasteiger partial charge on any atom is 0.255 e. The molecule has 2 rings (SSSR count). The van der Waals surface area contributed by atoms with Crippen LogP contribution >= 0.6 is 34.8 Å². The van der Waals surface area contributed by atoms with E-state index in [0.717, 1.165) is 0 Å². The number of anilines is 1. The van der Waals surface area contributed by atoms with Gasteiger partial charge in [0.05, 0.1) is 10.0 Å². The van der Waals surface area contributed by atoms with Crippen LogP contribution in [-0.2, 0) is 0 Å². The first kappa shape index (κ1) is 14.9. The fourth-order valence-electron chi connectivity index (χ4n) is 1.56. The molecule has 0 bridgehead atoms. The number of hydrogen-bond acceptors (Lipinski definition) is 2. The van der Waals surface area contributed by atoms with Crippen LogP contribution in [0.1, 0.15) is 20.7 Å². The van der Waals surface area contributed by atoms with Crippen molar-refractivity contribution >= 4 is 51.6 Å². The second kappa shape index (κ2) is 6.27. The van der Waals surface area contributed by atoms with Gasteiger partial charge in [-0.3, -0.25) is 9.59 Å². The van der Waals surface area contributed by atoms with Crippen LogP contribution in [0.15, 0.2) is 42.5 Å². The highest BCUT2D eigenvalue weighted by molar-refractivity contribution is 6.67. The van der Waals surface area contributed by atoms with E-state index in [1.54, 1.807) is 24.3 Å². The largest absolute Gasteiger partial charge is 0.322 e. The van der Waals surface area contributed by atoms with Gasteiger partial charge in [-0.25, -0.2) is 0 Å². The summed E-state index contributed by atoms with van der Waals surface area (Å²) in [6, 6.07) is 10.9. The van der Waals surface area contributed by atoms with Gasteiger partial charge in [0.15, 0.2) is 0 Å². The lowest BCUT2D eigenvalue weighted by molar-refractivity contribution is 0.102. The minimum absolute atomic E-state index is 0.295. The Bertz CT molecular complexity index is 686. The van der Waals surface area contributed by atoms with Gasteiger partial charge in [0.1, 0.15) is 0 Å². The standard InChI is InChI=1S/C14H8Cl3NO2/c15-11-5-4-9(7-12(11)16)14(20)18-10-3-1-2-8(6-10)13(17)19/h1-7H,(H,18,20). The topological polar surface area (TPSA) is 46.2 Å². The molecule has 102 valence electrons. The summed E-state index contributed by atoms with van der Waals surface area (Å²) in [5.74, 6) is -0.359. The molecule has 0 aliphatic carbocycles. The van der Waals surface area contributed by atoms with E-state index in [1.807, 2.05) is 0 Å². The molecule has 0 saturated heterocycles. The molecular weight excluding hydrogens is 321 g/mol. The van der Waals surface area contributed by atoms with Crippen molar-refractivity contribution in [1.82, 2.24) is 0 Å². The zero-order chi connectivity index (χ0) is 14.7. The van der Waals surface area contributed by atoms with Crippen molar-refractivity contribution < 1.29 is 9.59 Å². The first-order valence-electron chi connectivity index (χ1n) is 5.53. The summed E-state index contributed by atoms with van der Waals surface area (Å²) in [5, 5.41) is 2.73. The Labute approximate surface area is 130 Å². The molecule has 0 radical (unpaired) electrons. The van der Waals surface area contributed by atoms with Crippen LogP contribution in [0.3, 0.4) is 0 Å². The van der Waals surface area contributed by atoms with Gasteiger partial charge in [-0.2, -0.15) is 0 Å². The van der Waals surface area contributed by atoms with E-state index in [1.165, 1.54) is 18.2 Å². The second-order valence-corrected chi connectivity index (χ2v) is 5.10. The van der Waals surface area contributed by atoms with E-state index >= 15 is 0 Å². The van der Waals surface area contributed by atoms with Crippen molar-refractivity contribution in [3.8, 4) is 0 Å². The zero-order valence-electron chi connectivity index (χ0n) is 9.99. The molecule has 0 fully saturated rings. The van der Waals surface area contributed by atoms with Crippen molar-refractivity contribution in [2.75, 3.05) is 5.32 Å². The molecule has 0 heterocycles. The molecule has 0 unspecified atom stereocenters. The molecule has 0 aliphatic rings. The van der Waals surface area contributed by atoms with Gasteiger partial charge in [-0.1, -0.05) is 29.3 Å². The van der Waals surface area contributed by atoms with Crippen LogP contribution in [0.2, 0.25) is 10.0 Å². The summed E-state index contributed by atoms with van der Waals surface area (Å²) in [5.41, 5.74) is 1.13. The molecule has 2 aromatic carbocycles. The number of hydrogen-bond donors (Lipinski definition) is 1. The Morgan fingerprint density at radius 3 is 2.30 bits per heavy atom. The summed E-state index contributed by atoms with van der Waals surface area (Å²) in [4.78, 5) is 23.1. The average Bonchev–Trinajstić information content (AvgIpc) is 2.42. The van der Waals surface area contributed by atoms with Gasteiger partial charge < -0.3 is 5.32 Å². The number of carbonyl (C=O) groups excluding carboxylic acids is 2. The van der Waals surface area contributed by atoms with Crippen LogP contribution in [0, 0.1) is 0 Å². The fourth-order valence-corrected chi connectivity index (χ4v) is 1.98. The molecular formula is C14H8Cl3NO2. The molecule has 20 heavy (non-hydrogen) atoms. The van der Waals surface area contributed by atoms with E-state index in [2.05, 4.69) is 5.32 Å². The van der Waals surface area contributed by atoms with Gasteiger partial charge in [-0.05, 0) is 48.0 Å². The van der Waals surface area contributed by atoms with Crippen LogP contribution in [-0.4, -0.2) is 11.1 Å². The third-order valence-corrected chi connectivity index (χ3v) is 3.49. The monoisotopic (exact) mass is 327 g/mol. The van der Waals surface area contributed by atoms with Crippen molar-refractivity contribution in [2.45, 2.75) is 0 Å². The van der Waals surface area contributed by atoms with Crippen LogP contribution in [0.25, 0.3) is 0 Å². The lowest BCUT2D eigenvalue weighted by Crippen LogP contribution is -2.12. The summed E-state index contributed by atoms with van der Waals surface area (Å²) in [7, 11) is 0. The van der Waals surface area contributed by atoms with Gasteiger partial charge >= 0.3 is 0 Å². The summed E-state index contributed by atoms with van der Waals surface area (Å²) in [6.07, 6.45) is 0. The molecule has 6 heteroatoms. The number of nitrogens with one attached hydrogen (secondary N) is 1. The van der Waals surface area contributed by atoms with Gasteiger partial charge in [0, 0.05) is 16.8 Å². The Morgan fingerprint density at radius 1 is 0.900 bits per heavy atom. The molecule has 1 N–H and O–H groups in total. The van der Waals surface area contributed by atoms with Crippen molar-refractivity contribution in [1.29, 1.82) is 0 Å². The smallest absolute Gasteiger partial charge is 0.255 e. The average molecular weight is 329 g/mol. The Morgan fingerprint density at radius 2 is 1.65 bits per heavy atom. The normalized spacial score (nSPS) is 10.2. The molecule has 3 nitrogen and oxygen atoms in total. The minimum Gasteiger partial charge on any atom is -0.322 e. The van der Waals surface area contributed by atoms with E-state index < -0.39 is 5.24 Å². The highest BCUT2D eigenvalue weighted by atomic mass is 35.5. The molecule has 0 aliphatic heterocycles.